The maximum atomic E-state index is 6.24. The molecule has 1 N–H and O–H groups in total. The average Bonchev–Trinajstić information content (AvgIpc) is 3.00. The van der Waals surface area contributed by atoms with Gasteiger partial charge in [0.05, 0.1) is 12.3 Å². The Kier molecular flexibility index (Phi) is 5.20. The van der Waals surface area contributed by atoms with Crippen LogP contribution in [0.15, 0.2) is 47.6 Å². The number of rotatable bonds is 5. The fraction of sp³-hybridized carbons (Fsp3) is 0.250. The zero-order valence-electron chi connectivity index (χ0n) is 14.4. The number of hydrogen-bond donors (Lipinski definition) is 1. The molecule has 134 valence electrons. The molecule has 0 atom stereocenters. The van der Waals surface area contributed by atoms with E-state index in [0.29, 0.717) is 11.6 Å². The van der Waals surface area contributed by atoms with Gasteiger partial charge in [-0.2, -0.15) is 0 Å². The molecule has 0 spiro atoms. The molecule has 0 unspecified atom stereocenters. The Morgan fingerprint density at radius 3 is 2.92 bits per heavy atom. The van der Waals surface area contributed by atoms with Crippen molar-refractivity contribution >= 4 is 23.4 Å². The lowest BCUT2D eigenvalue weighted by molar-refractivity contribution is -0.0168. The van der Waals surface area contributed by atoms with Crippen LogP contribution in [0.1, 0.15) is 28.1 Å². The van der Waals surface area contributed by atoms with E-state index >= 15 is 0 Å². The first-order valence-corrected chi connectivity index (χ1v) is 9.79. The zero-order chi connectivity index (χ0) is 17.9. The predicted octanol–water partition coefficient (Wildman–Crippen LogP) is 5.12. The Morgan fingerprint density at radius 2 is 2.08 bits per heavy atom. The van der Waals surface area contributed by atoms with Gasteiger partial charge in [0.2, 0.25) is 0 Å². The third-order valence-corrected chi connectivity index (χ3v) is 5.43. The lowest BCUT2D eigenvalue weighted by Gasteiger charge is -2.20. The number of nitrogens with zero attached hydrogens (tertiary/aromatic N) is 1. The SMILES string of the molecule is Cc1[nH]c(SCc2cc(Cl)cc3c2OCOC3)nc1Cc1ccccc1. The fourth-order valence-electron chi connectivity index (χ4n) is 3.01. The standard InChI is InChI=1S/C20H19ClN2O2S/c1-13-18(7-14-5-3-2-4-6-14)23-20(22-13)26-11-16-9-17(21)8-15-10-24-12-25-19(15)16/h2-6,8-9H,7,10-12H2,1H3,(H,22,23). The summed E-state index contributed by atoms with van der Waals surface area (Å²) < 4.78 is 11.0. The van der Waals surface area contributed by atoms with Gasteiger partial charge in [-0.3, -0.25) is 0 Å². The molecule has 3 aromatic rings. The van der Waals surface area contributed by atoms with Crippen LogP contribution in [-0.4, -0.2) is 16.8 Å². The number of benzene rings is 2. The number of thioether (sulfide) groups is 1. The number of hydrogen-bond acceptors (Lipinski definition) is 4. The summed E-state index contributed by atoms with van der Waals surface area (Å²) >= 11 is 7.89. The Morgan fingerprint density at radius 1 is 1.23 bits per heavy atom. The van der Waals surface area contributed by atoms with Gasteiger partial charge < -0.3 is 14.5 Å². The van der Waals surface area contributed by atoms with Gasteiger partial charge in [-0.15, -0.1) is 0 Å². The van der Waals surface area contributed by atoms with Crippen LogP contribution in [0.25, 0.3) is 0 Å². The lowest BCUT2D eigenvalue weighted by atomic mass is 10.1. The highest BCUT2D eigenvalue weighted by atomic mass is 35.5. The van der Waals surface area contributed by atoms with Gasteiger partial charge in [0.1, 0.15) is 5.75 Å². The maximum absolute atomic E-state index is 6.24. The van der Waals surface area contributed by atoms with Crippen molar-refractivity contribution in [1.82, 2.24) is 9.97 Å². The van der Waals surface area contributed by atoms with E-state index < -0.39 is 0 Å². The predicted molar refractivity (Wildman–Crippen MR) is 104 cm³/mol. The van der Waals surface area contributed by atoms with E-state index in [1.807, 2.05) is 18.2 Å². The highest BCUT2D eigenvalue weighted by molar-refractivity contribution is 7.98. The largest absolute Gasteiger partial charge is 0.467 e. The van der Waals surface area contributed by atoms with Crippen LogP contribution in [0.5, 0.6) is 5.75 Å². The molecule has 6 heteroatoms. The molecule has 1 aromatic heterocycles. The molecule has 0 aliphatic carbocycles. The number of nitrogens with one attached hydrogen (secondary N) is 1. The number of ether oxygens (including phenoxy) is 2. The molecule has 2 aromatic carbocycles. The third-order valence-electron chi connectivity index (χ3n) is 4.29. The number of fused-ring (bicyclic) bond motifs is 1. The van der Waals surface area contributed by atoms with E-state index in [4.69, 9.17) is 26.1 Å². The molecule has 2 heterocycles. The molecule has 0 saturated heterocycles. The summed E-state index contributed by atoms with van der Waals surface area (Å²) in [7, 11) is 0. The maximum Gasteiger partial charge on any atom is 0.189 e. The van der Waals surface area contributed by atoms with Gasteiger partial charge in [0.15, 0.2) is 11.9 Å². The summed E-state index contributed by atoms with van der Waals surface area (Å²) in [5, 5.41) is 1.61. The number of H-pyrrole nitrogens is 1. The van der Waals surface area contributed by atoms with Crippen LogP contribution in [-0.2, 0) is 23.5 Å². The van der Waals surface area contributed by atoms with Crippen molar-refractivity contribution in [2.75, 3.05) is 6.79 Å². The van der Waals surface area contributed by atoms with Crippen LogP contribution in [0.3, 0.4) is 0 Å². The zero-order valence-corrected chi connectivity index (χ0v) is 16.0. The smallest absolute Gasteiger partial charge is 0.189 e. The van der Waals surface area contributed by atoms with Crippen molar-refractivity contribution in [3.63, 3.8) is 0 Å². The summed E-state index contributed by atoms with van der Waals surface area (Å²) in [5.41, 5.74) is 5.51. The molecule has 26 heavy (non-hydrogen) atoms. The first kappa shape index (κ1) is 17.5. The normalized spacial score (nSPS) is 13.3. The van der Waals surface area contributed by atoms with Gasteiger partial charge in [0.25, 0.3) is 0 Å². The van der Waals surface area contributed by atoms with E-state index in [1.54, 1.807) is 11.8 Å². The molecular weight excluding hydrogens is 368 g/mol. The van der Waals surface area contributed by atoms with Gasteiger partial charge in [-0.1, -0.05) is 53.7 Å². The number of halogens is 1. The molecule has 1 aliphatic heterocycles. The van der Waals surface area contributed by atoms with Gasteiger partial charge >= 0.3 is 0 Å². The van der Waals surface area contributed by atoms with Crippen LogP contribution in [0, 0.1) is 6.92 Å². The van der Waals surface area contributed by atoms with Crippen molar-refractivity contribution in [2.24, 2.45) is 0 Å². The minimum absolute atomic E-state index is 0.285. The van der Waals surface area contributed by atoms with E-state index in [0.717, 1.165) is 45.6 Å². The Labute approximate surface area is 161 Å². The van der Waals surface area contributed by atoms with Crippen molar-refractivity contribution in [3.05, 3.63) is 75.6 Å². The number of aromatic nitrogens is 2. The van der Waals surface area contributed by atoms with Crippen molar-refractivity contribution < 1.29 is 9.47 Å². The van der Waals surface area contributed by atoms with E-state index in [1.165, 1.54) is 5.56 Å². The van der Waals surface area contributed by atoms with Crippen molar-refractivity contribution in [3.8, 4) is 5.75 Å². The Hall–Kier alpha value is -1.95. The molecule has 1 aliphatic rings. The summed E-state index contributed by atoms with van der Waals surface area (Å²) in [6, 6.07) is 14.2. The number of aryl methyl sites for hydroxylation is 1. The Bertz CT molecular complexity index is 912. The highest BCUT2D eigenvalue weighted by Crippen LogP contribution is 2.35. The highest BCUT2D eigenvalue weighted by Gasteiger charge is 2.17. The third kappa shape index (κ3) is 3.90. The minimum Gasteiger partial charge on any atom is -0.467 e. The lowest BCUT2D eigenvalue weighted by Crippen LogP contribution is -2.12. The van der Waals surface area contributed by atoms with Crippen molar-refractivity contribution in [1.29, 1.82) is 0 Å². The molecule has 0 fully saturated rings. The summed E-state index contributed by atoms with van der Waals surface area (Å²) in [6.45, 7) is 2.89. The number of imidazole rings is 1. The van der Waals surface area contributed by atoms with E-state index in [2.05, 4.69) is 36.2 Å². The first-order chi connectivity index (χ1) is 12.7. The molecule has 0 bridgehead atoms. The van der Waals surface area contributed by atoms with Crippen LogP contribution < -0.4 is 4.74 Å². The molecule has 4 rings (SSSR count). The Balaban J connectivity index is 1.49. The second-order valence-corrected chi connectivity index (χ2v) is 7.63. The molecular formula is C20H19ClN2O2S. The number of aromatic amines is 1. The average molecular weight is 387 g/mol. The van der Waals surface area contributed by atoms with Crippen LogP contribution in [0.2, 0.25) is 5.02 Å². The second kappa shape index (κ2) is 7.74. The molecule has 0 radical (unpaired) electrons. The van der Waals surface area contributed by atoms with Crippen LogP contribution >= 0.6 is 23.4 Å². The first-order valence-electron chi connectivity index (χ1n) is 8.43. The molecule has 0 amide bonds. The second-order valence-electron chi connectivity index (χ2n) is 6.23. The summed E-state index contributed by atoms with van der Waals surface area (Å²) in [5.74, 6) is 1.63. The van der Waals surface area contributed by atoms with Crippen molar-refractivity contribution in [2.45, 2.75) is 30.9 Å². The summed E-state index contributed by atoms with van der Waals surface area (Å²) in [6.07, 6.45) is 0.830. The monoisotopic (exact) mass is 386 g/mol. The summed E-state index contributed by atoms with van der Waals surface area (Å²) in [4.78, 5) is 8.15. The van der Waals surface area contributed by atoms with Gasteiger partial charge in [-0.05, 0) is 24.6 Å². The topological polar surface area (TPSA) is 47.1 Å². The minimum atomic E-state index is 0.285. The van der Waals surface area contributed by atoms with E-state index in [9.17, 15) is 0 Å². The van der Waals surface area contributed by atoms with E-state index in [-0.39, 0.29) is 6.79 Å². The molecule has 4 nitrogen and oxygen atoms in total. The fourth-order valence-corrected chi connectivity index (χ4v) is 4.18. The van der Waals surface area contributed by atoms with Crippen LogP contribution in [0.4, 0.5) is 0 Å². The van der Waals surface area contributed by atoms with Gasteiger partial charge in [-0.25, -0.2) is 4.98 Å². The van der Waals surface area contributed by atoms with Gasteiger partial charge in [0, 0.05) is 34.0 Å². The molecule has 0 saturated carbocycles. The quantitative estimate of drug-likeness (QED) is 0.618.